The number of furan rings is 1. The number of hydrogen-bond acceptors (Lipinski definition) is 2. The highest BCUT2D eigenvalue weighted by molar-refractivity contribution is 6.11. The van der Waals surface area contributed by atoms with E-state index in [1.807, 2.05) is 6.07 Å². The normalized spacial score (nSPS) is 13.3. The van der Waals surface area contributed by atoms with Crippen molar-refractivity contribution >= 4 is 60.5 Å². The molecule has 0 bridgehead atoms. The van der Waals surface area contributed by atoms with Gasteiger partial charge in [-0.3, -0.25) is 0 Å². The van der Waals surface area contributed by atoms with Gasteiger partial charge in [-0.1, -0.05) is 129 Å². The number of nitrogens with zero attached hydrogens (tertiary/aromatic N) is 1. The van der Waals surface area contributed by atoms with E-state index in [1.165, 1.54) is 54.9 Å². The molecule has 1 aromatic heterocycles. The van der Waals surface area contributed by atoms with Gasteiger partial charge in [-0.2, -0.15) is 0 Å². The molecule has 1 aliphatic rings. The number of hydrogen-bond donors (Lipinski definition) is 0. The van der Waals surface area contributed by atoms with Crippen LogP contribution in [0.1, 0.15) is 25.0 Å². The van der Waals surface area contributed by atoms with Gasteiger partial charge in [-0.15, -0.1) is 0 Å². The van der Waals surface area contributed by atoms with E-state index < -0.39 is 0 Å². The fraction of sp³-hybridized carbons (Fsp3) is 0.0638. The van der Waals surface area contributed by atoms with Gasteiger partial charge >= 0.3 is 0 Å². The molecule has 0 spiro atoms. The Hall–Kier alpha value is -6.12. The molecule has 2 heteroatoms. The number of rotatable bonds is 4. The van der Waals surface area contributed by atoms with Gasteiger partial charge in [0.2, 0.25) is 0 Å². The quantitative estimate of drug-likeness (QED) is 0.193. The molecule has 0 radical (unpaired) electrons. The van der Waals surface area contributed by atoms with E-state index in [0.29, 0.717) is 0 Å². The molecule has 49 heavy (non-hydrogen) atoms. The molecule has 0 atom stereocenters. The third-order valence-electron chi connectivity index (χ3n) is 10.6. The average Bonchev–Trinajstić information content (AvgIpc) is 3.64. The molecule has 1 aliphatic carbocycles. The second kappa shape index (κ2) is 10.4. The smallest absolute Gasteiger partial charge is 0.159 e. The largest absolute Gasteiger partial charge is 0.454 e. The second-order valence-electron chi connectivity index (χ2n) is 13.8. The zero-order valence-electron chi connectivity index (χ0n) is 27.4. The number of para-hydroxylation sites is 2. The van der Waals surface area contributed by atoms with E-state index in [9.17, 15) is 0 Å². The van der Waals surface area contributed by atoms with Crippen molar-refractivity contribution in [2.24, 2.45) is 0 Å². The highest BCUT2D eigenvalue weighted by Crippen LogP contribution is 2.53. The van der Waals surface area contributed by atoms with Crippen LogP contribution in [0.4, 0.5) is 17.1 Å². The minimum atomic E-state index is -0.109. The molecule has 10 rings (SSSR count). The molecule has 9 aromatic rings. The fourth-order valence-corrected chi connectivity index (χ4v) is 8.17. The van der Waals surface area contributed by atoms with Crippen LogP contribution in [0.5, 0.6) is 0 Å². The lowest BCUT2D eigenvalue weighted by molar-refractivity contribution is 0.661. The molecule has 0 saturated heterocycles. The number of anilines is 3. The van der Waals surface area contributed by atoms with Crippen LogP contribution in [-0.4, -0.2) is 0 Å². The van der Waals surface area contributed by atoms with Gasteiger partial charge in [0.25, 0.3) is 0 Å². The molecule has 0 aliphatic heterocycles. The van der Waals surface area contributed by atoms with E-state index in [0.717, 1.165) is 39.0 Å². The minimum Gasteiger partial charge on any atom is -0.454 e. The van der Waals surface area contributed by atoms with Crippen LogP contribution < -0.4 is 4.90 Å². The average molecular weight is 628 g/mol. The summed E-state index contributed by atoms with van der Waals surface area (Å²) in [6.07, 6.45) is 0. The van der Waals surface area contributed by atoms with Crippen molar-refractivity contribution in [1.82, 2.24) is 0 Å². The van der Waals surface area contributed by atoms with Crippen molar-refractivity contribution in [3.05, 3.63) is 175 Å². The number of benzene rings is 8. The Morgan fingerprint density at radius 2 is 1.18 bits per heavy atom. The van der Waals surface area contributed by atoms with Crippen molar-refractivity contribution in [2.45, 2.75) is 19.3 Å². The van der Waals surface area contributed by atoms with Crippen LogP contribution in [0.2, 0.25) is 0 Å². The summed E-state index contributed by atoms with van der Waals surface area (Å²) in [5.74, 6) is 0. The summed E-state index contributed by atoms with van der Waals surface area (Å²) in [6.45, 7) is 4.73. The molecular formula is C47H33NO. The van der Waals surface area contributed by atoms with Crippen LogP contribution in [0.3, 0.4) is 0 Å². The van der Waals surface area contributed by atoms with E-state index >= 15 is 0 Å². The topological polar surface area (TPSA) is 16.4 Å². The monoisotopic (exact) mass is 627 g/mol. The third-order valence-corrected chi connectivity index (χ3v) is 10.6. The Balaban J connectivity index is 1.20. The van der Waals surface area contributed by atoms with Crippen molar-refractivity contribution in [3.8, 4) is 22.3 Å². The molecule has 232 valence electrons. The summed E-state index contributed by atoms with van der Waals surface area (Å²) < 4.78 is 6.63. The van der Waals surface area contributed by atoms with Gasteiger partial charge in [0.15, 0.2) is 5.58 Å². The first kappa shape index (κ1) is 27.9. The standard InChI is InChI=1S/C47H33NO/c1-47(2)41-25-23-31-14-6-7-17-37(31)45(41)40-28-33-22-24-36(27-34(33)29-42(40)47)48(35-16-10-15-32(26-35)30-12-4-3-5-13-30)43-20-11-19-39-38-18-8-9-21-44(38)49-46(39)43/h3-29H,1-2H3. The summed E-state index contributed by atoms with van der Waals surface area (Å²) in [5.41, 5.74) is 12.7. The fourth-order valence-electron chi connectivity index (χ4n) is 8.17. The van der Waals surface area contributed by atoms with Crippen LogP contribution in [0.15, 0.2) is 168 Å². The van der Waals surface area contributed by atoms with Crippen molar-refractivity contribution in [2.75, 3.05) is 4.90 Å². The number of fused-ring (bicyclic) bond motifs is 9. The molecule has 0 unspecified atom stereocenters. The van der Waals surface area contributed by atoms with E-state index in [1.54, 1.807) is 0 Å². The van der Waals surface area contributed by atoms with Crippen LogP contribution in [0.25, 0.3) is 65.7 Å². The molecular weight excluding hydrogens is 595 g/mol. The van der Waals surface area contributed by atoms with Gasteiger partial charge in [-0.05, 0) is 103 Å². The summed E-state index contributed by atoms with van der Waals surface area (Å²) in [4.78, 5) is 2.36. The summed E-state index contributed by atoms with van der Waals surface area (Å²) in [6, 6.07) is 59.4. The predicted octanol–water partition coefficient (Wildman–Crippen LogP) is 13.3. The zero-order chi connectivity index (χ0) is 32.7. The summed E-state index contributed by atoms with van der Waals surface area (Å²) in [7, 11) is 0. The van der Waals surface area contributed by atoms with Crippen LogP contribution in [0, 0.1) is 0 Å². The highest BCUT2D eigenvalue weighted by atomic mass is 16.3. The maximum absolute atomic E-state index is 6.63. The first-order valence-corrected chi connectivity index (χ1v) is 17.0. The van der Waals surface area contributed by atoms with Gasteiger partial charge < -0.3 is 9.32 Å². The Bertz CT molecular complexity index is 2750. The van der Waals surface area contributed by atoms with Crippen molar-refractivity contribution < 1.29 is 4.42 Å². The second-order valence-corrected chi connectivity index (χ2v) is 13.8. The Morgan fingerprint density at radius 3 is 2.08 bits per heavy atom. The Labute approximate surface area is 285 Å². The molecule has 2 nitrogen and oxygen atoms in total. The lowest BCUT2D eigenvalue weighted by Gasteiger charge is -2.27. The predicted molar refractivity (Wildman–Crippen MR) is 206 cm³/mol. The van der Waals surface area contributed by atoms with Crippen molar-refractivity contribution in [3.63, 3.8) is 0 Å². The van der Waals surface area contributed by atoms with E-state index in [4.69, 9.17) is 4.42 Å². The van der Waals surface area contributed by atoms with Gasteiger partial charge in [0.05, 0.1) is 5.69 Å². The SMILES string of the molecule is CC1(C)c2cc3cc(N(c4cccc(-c5ccccc5)c4)c4cccc5c4oc4ccccc45)ccc3cc2-c2c1ccc1ccccc21. The molecule has 1 heterocycles. The Morgan fingerprint density at radius 1 is 0.469 bits per heavy atom. The van der Waals surface area contributed by atoms with Crippen LogP contribution >= 0.6 is 0 Å². The maximum atomic E-state index is 6.63. The molecule has 0 amide bonds. The van der Waals surface area contributed by atoms with Gasteiger partial charge in [0.1, 0.15) is 5.58 Å². The minimum absolute atomic E-state index is 0.109. The van der Waals surface area contributed by atoms with E-state index in [2.05, 4.69) is 176 Å². The van der Waals surface area contributed by atoms with Crippen LogP contribution in [-0.2, 0) is 5.41 Å². The molecule has 0 saturated carbocycles. The van der Waals surface area contributed by atoms with Crippen molar-refractivity contribution in [1.29, 1.82) is 0 Å². The van der Waals surface area contributed by atoms with Gasteiger partial charge in [-0.25, -0.2) is 0 Å². The molecule has 0 fully saturated rings. The highest BCUT2D eigenvalue weighted by Gasteiger charge is 2.36. The van der Waals surface area contributed by atoms with Gasteiger partial charge in [0, 0.05) is 27.6 Å². The lowest BCUT2D eigenvalue weighted by atomic mass is 9.81. The summed E-state index contributed by atoms with van der Waals surface area (Å²) in [5, 5.41) is 7.31. The first-order chi connectivity index (χ1) is 24.0. The Kier molecular flexibility index (Phi) is 5.95. The summed E-state index contributed by atoms with van der Waals surface area (Å²) >= 11 is 0. The molecule has 8 aromatic carbocycles. The zero-order valence-corrected chi connectivity index (χ0v) is 27.4. The first-order valence-electron chi connectivity index (χ1n) is 17.0. The lowest BCUT2D eigenvalue weighted by Crippen LogP contribution is -2.15. The van der Waals surface area contributed by atoms with E-state index in [-0.39, 0.29) is 5.41 Å². The molecule has 0 N–H and O–H groups in total. The maximum Gasteiger partial charge on any atom is 0.159 e. The third kappa shape index (κ3) is 4.20.